The maximum Gasteiger partial charge on any atom is 0.333 e. The molecule has 24 heavy (non-hydrogen) atoms. The molecule has 5 atom stereocenters. The Morgan fingerprint density at radius 2 is 2.04 bits per heavy atom. The van der Waals surface area contributed by atoms with Crippen LogP contribution in [0.1, 0.15) is 20.3 Å². The third-order valence-corrected chi connectivity index (χ3v) is 6.42. The van der Waals surface area contributed by atoms with Gasteiger partial charge in [0.05, 0.1) is 6.61 Å². The molecule has 0 aromatic rings. The van der Waals surface area contributed by atoms with E-state index in [1.54, 1.807) is 0 Å². The van der Waals surface area contributed by atoms with E-state index < -0.39 is 57.3 Å². The van der Waals surface area contributed by atoms with Crippen LogP contribution in [0.4, 0.5) is 0 Å². The fraction of sp³-hybridized carbons (Fsp3) is 0.714. The molecule has 3 rings (SSSR count). The van der Waals surface area contributed by atoms with Crippen LogP contribution in [0, 0.1) is 0 Å². The predicted octanol–water partition coefficient (Wildman–Crippen LogP) is -0.962. The van der Waals surface area contributed by atoms with Crippen molar-refractivity contribution in [3.63, 3.8) is 0 Å². The zero-order chi connectivity index (χ0) is 17.9. The number of rotatable bonds is 5. The molecule has 3 fully saturated rings. The molecule has 0 radical (unpaired) electrons. The van der Waals surface area contributed by atoms with Gasteiger partial charge in [0.2, 0.25) is 0 Å². The highest BCUT2D eigenvalue weighted by Crippen LogP contribution is 2.60. The number of ether oxygens (including phenoxy) is 3. The van der Waals surface area contributed by atoms with Crippen molar-refractivity contribution in [2.24, 2.45) is 0 Å². The molecule has 3 saturated heterocycles. The first-order chi connectivity index (χ1) is 11.1. The number of carbonyl (C=O) groups is 2. The predicted molar refractivity (Wildman–Crippen MR) is 77.2 cm³/mol. The topological polar surface area (TPSA) is 125 Å². The van der Waals surface area contributed by atoms with Gasteiger partial charge in [-0.1, -0.05) is 6.58 Å². The maximum atomic E-state index is 12.2. The molecule has 134 valence electrons. The van der Waals surface area contributed by atoms with E-state index in [0.717, 1.165) is 0 Å². The van der Waals surface area contributed by atoms with Crippen molar-refractivity contribution in [1.29, 1.82) is 0 Å². The van der Waals surface area contributed by atoms with Crippen LogP contribution >= 0.6 is 0 Å². The summed E-state index contributed by atoms with van der Waals surface area (Å²) in [6.07, 6.45) is -2.47. The van der Waals surface area contributed by atoms with E-state index in [4.69, 9.17) is 18.4 Å². The highest BCUT2D eigenvalue weighted by Gasteiger charge is 2.81. The Morgan fingerprint density at radius 1 is 1.38 bits per heavy atom. The Balaban J connectivity index is 2.01. The minimum absolute atomic E-state index is 0.107. The lowest BCUT2D eigenvalue weighted by Gasteiger charge is -2.33. The van der Waals surface area contributed by atoms with E-state index in [0.29, 0.717) is 0 Å². The van der Waals surface area contributed by atoms with Crippen LogP contribution in [0.15, 0.2) is 12.2 Å². The molecule has 3 heterocycles. The first-order valence-electron chi connectivity index (χ1n) is 7.31. The summed E-state index contributed by atoms with van der Waals surface area (Å²) in [7, 11) is -4.01. The van der Waals surface area contributed by atoms with Gasteiger partial charge in [-0.3, -0.25) is 8.98 Å². The largest absolute Gasteiger partial charge is 0.463 e. The second-order valence-electron chi connectivity index (χ2n) is 6.37. The zero-order valence-corrected chi connectivity index (χ0v) is 14.0. The average Bonchev–Trinajstić information content (AvgIpc) is 3.01. The summed E-state index contributed by atoms with van der Waals surface area (Å²) >= 11 is 0. The molecule has 10 heteroatoms. The monoisotopic (exact) mass is 362 g/mol. The Bertz CT molecular complexity index is 714. The molecule has 9 nitrogen and oxygen atoms in total. The SMILES string of the molecule is C=C(C)C(=O)OC1C2OS(=O)(=O)C3CC1(COC(C)=O)OC23CO. The molecule has 0 aromatic heterocycles. The first kappa shape index (κ1) is 17.3. The summed E-state index contributed by atoms with van der Waals surface area (Å²) < 4.78 is 45.7. The number of fused-ring (bicyclic) bond motifs is 1. The van der Waals surface area contributed by atoms with Gasteiger partial charge in [0.25, 0.3) is 10.1 Å². The normalized spacial score (nSPS) is 41.2. The second kappa shape index (κ2) is 5.25. The molecule has 0 amide bonds. The highest BCUT2D eigenvalue weighted by molar-refractivity contribution is 7.87. The average molecular weight is 362 g/mol. The van der Waals surface area contributed by atoms with Crippen LogP contribution in [0.25, 0.3) is 0 Å². The summed E-state index contributed by atoms with van der Waals surface area (Å²) in [4.78, 5) is 23.1. The standard InChI is InChI=1S/C14H18O9S/c1-7(2)12(17)21-10-11-14(5-15)9(24(18,19)22-11)4-13(10,23-14)6-20-8(3)16/h9-11,15H,1,4-6H2,2-3H3. The first-order valence-corrected chi connectivity index (χ1v) is 8.78. The Kier molecular flexibility index (Phi) is 3.79. The van der Waals surface area contributed by atoms with Gasteiger partial charge >= 0.3 is 11.9 Å². The van der Waals surface area contributed by atoms with E-state index in [1.165, 1.54) is 13.8 Å². The molecular formula is C14H18O9S. The Morgan fingerprint density at radius 3 is 2.58 bits per heavy atom. The number of hydrogen-bond acceptors (Lipinski definition) is 9. The molecule has 0 aliphatic carbocycles. The van der Waals surface area contributed by atoms with Crippen molar-refractivity contribution in [3.05, 3.63) is 12.2 Å². The summed E-state index contributed by atoms with van der Waals surface area (Å²) in [5.74, 6) is -1.35. The lowest BCUT2D eigenvalue weighted by Crippen LogP contribution is -2.56. The van der Waals surface area contributed by atoms with Crippen LogP contribution in [0.3, 0.4) is 0 Å². The fourth-order valence-electron chi connectivity index (χ4n) is 3.61. The van der Waals surface area contributed by atoms with Crippen LogP contribution in [0.5, 0.6) is 0 Å². The summed E-state index contributed by atoms with van der Waals surface area (Å²) in [6, 6.07) is 0. The minimum atomic E-state index is -4.01. The van der Waals surface area contributed by atoms with Crippen LogP contribution in [-0.2, 0) is 38.1 Å². The van der Waals surface area contributed by atoms with E-state index in [-0.39, 0.29) is 18.6 Å². The number of carbonyl (C=O) groups excluding carboxylic acids is 2. The van der Waals surface area contributed by atoms with Crippen molar-refractivity contribution in [1.82, 2.24) is 0 Å². The summed E-state index contributed by atoms with van der Waals surface area (Å²) in [5.41, 5.74) is -2.83. The molecule has 2 bridgehead atoms. The summed E-state index contributed by atoms with van der Waals surface area (Å²) in [6.45, 7) is 5.15. The minimum Gasteiger partial charge on any atom is -0.463 e. The van der Waals surface area contributed by atoms with Crippen molar-refractivity contribution >= 4 is 22.1 Å². The molecular weight excluding hydrogens is 344 g/mol. The van der Waals surface area contributed by atoms with Gasteiger partial charge in [0.15, 0.2) is 6.10 Å². The molecule has 5 unspecified atom stereocenters. The van der Waals surface area contributed by atoms with E-state index in [1.807, 2.05) is 0 Å². The Hall–Kier alpha value is -1.49. The van der Waals surface area contributed by atoms with Gasteiger partial charge in [-0.15, -0.1) is 0 Å². The van der Waals surface area contributed by atoms with Crippen molar-refractivity contribution in [2.75, 3.05) is 13.2 Å². The smallest absolute Gasteiger partial charge is 0.333 e. The number of hydrogen-bond donors (Lipinski definition) is 1. The lowest BCUT2D eigenvalue weighted by atomic mass is 9.77. The Labute approximate surface area is 138 Å². The van der Waals surface area contributed by atoms with E-state index in [9.17, 15) is 23.1 Å². The summed E-state index contributed by atoms with van der Waals surface area (Å²) in [5, 5.41) is 8.66. The van der Waals surface area contributed by atoms with Gasteiger partial charge in [0, 0.05) is 18.9 Å². The van der Waals surface area contributed by atoms with Crippen molar-refractivity contribution in [2.45, 2.75) is 48.9 Å². The third kappa shape index (κ3) is 2.20. The van der Waals surface area contributed by atoms with E-state index >= 15 is 0 Å². The highest BCUT2D eigenvalue weighted by atomic mass is 32.2. The third-order valence-electron chi connectivity index (χ3n) is 4.68. The van der Waals surface area contributed by atoms with Crippen LogP contribution < -0.4 is 0 Å². The van der Waals surface area contributed by atoms with Gasteiger partial charge in [0.1, 0.15) is 29.2 Å². The zero-order valence-electron chi connectivity index (χ0n) is 13.2. The molecule has 1 N–H and O–H groups in total. The fourth-order valence-corrected chi connectivity index (χ4v) is 5.53. The van der Waals surface area contributed by atoms with Crippen LogP contribution in [-0.4, -0.2) is 67.3 Å². The van der Waals surface area contributed by atoms with Gasteiger partial charge < -0.3 is 19.3 Å². The number of esters is 2. The lowest BCUT2D eigenvalue weighted by molar-refractivity contribution is -0.169. The second-order valence-corrected chi connectivity index (χ2v) is 8.12. The molecule has 0 saturated carbocycles. The molecule has 0 aromatic carbocycles. The quantitative estimate of drug-likeness (QED) is 0.374. The van der Waals surface area contributed by atoms with Gasteiger partial charge in [-0.05, 0) is 6.92 Å². The molecule has 3 aliphatic heterocycles. The van der Waals surface area contributed by atoms with Crippen molar-refractivity contribution in [3.8, 4) is 0 Å². The van der Waals surface area contributed by atoms with Gasteiger partial charge in [-0.25, -0.2) is 4.79 Å². The molecule has 0 spiro atoms. The molecule has 3 aliphatic rings. The number of aliphatic hydroxyl groups excluding tert-OH is 1. The van der Waals surface area contributed by atoms with Crippen LogP contribution in [0.2, 0.25) is 0 Å². The van der Waals surface area contributed by atoms with Crippen molar-refractivity contribution < 1.29 is 41.5 Å². The van der Waals surface area contributed by atoms with Gasteiger partial charge in [-0.2, -0.15) is 8.42 Å². The number of aliphatic hydroxyl groups is 1. The maximum absolute atomic E-state index is 12.2. The van der Waals surface area contributed by atoms with E-state index in [2.05, 4.69) is 6.58 Å².